The van der Waals surface area contributed by atoms with Crippen LogP contribution in [0.15, 0.2) is 29.1 Å². The third-order valence-corrected chi connectivity index (χ3v) is 2.78. The molecule has 1 amide bonds. The van der Waals surface area contributed by atoms with Gasteiger partial charge in [0.15, 0.2) is 0 Å². The summed E-state index contributed by atoms with van der Waals surface area (Å²) >= 11 is 0. The first-order valence-corrected chi connectivity index (χ1v) is 6.03. The van der Waals surface area contributed by atoms with Crippen LogP contribution in [-0.2, 0) is 24.9 Å². The van der Waals surface area contributed by atoms with Crippen LogP contribution in [0.4, 0.5) is 0 Å². The van der Waals surface area contributed by atoms with Crippen LogP contribution in [0.2, 0.25) is 0 Å². The Labute approximate surface area is 111 Å². The summed E-state index contributed by atoms with van der Waals surface area (Å²) in [6, 6.07) is 3.29. The minimum atomic E-state index is -0.313. The van der Waals surface area contributed by atoms with Gasteiger partial charge >= 0.3 is 0 Å². The van der Waals surface area contributed by atoms with Crippen LogP contribution < -0.4 is 10.6 Å². The number of aromatic nitrogens is 3. The molecule has 2 rings (SSSR count). The summed E-state index contributed by atoms with van der Waals surface area (Å²) in [5, 5.41) is 13.6. The number of carbonyl (C=O) groups excluding carboxylic acids is 1. The van der Waals surface area contributed by atoms with Gasteiger partial charge in [-0.15, -0.1) is 10.2 Å². The van der Waals surface area contributed by atoms with E-state index in [4.69, 9.17) is 4.42 Å². The van der Waals surface area contributed by atoms with Crippen LogP contribution in [0.1, 0.15) is 18.5 Å². The van der Waals surface area contributed by atoms with E-state index < -0.39 is 0 Å². The molecule has 1 atom stereocenters. The topological polar surface area (TPSA) is 85.0 Å². The van der Waals surface area contributed by atoms with Crippen LogP contribution in [0.25, 0.3) is 0 Å². The van der Waals surface area contributed by atoms with Crippen LogP contribution in [-0.4, -0.2) is 26.7 Å². The van der Waals surface area contributed by atoms with Gasteiger partial charge in [0.25, 0.3) is 0 Å². The molecule has 0 saturated carbocycles. The fourth-order valence-corrected chi connectivity index (χ4v) is 1.54. The number of hydrogen-bond acceptors (Lipinski definition) is 5. The van der Waals surface area contributed by atoms with Gasteiger partial charge in [0.05, 0.1) is 25.4 Å². The maximum absolute atomic E-state index is 11.8. The van der Waals surface area contributed by atoms with Gasteiger partial charge in [-0.05, 0) is 19.1 Å². The molecular formula is C12H17N5O2. The second kappa shape index (κ2) is 6.14. The molecule has 0 aliphatic rings. The Hall–Kier alpha value is -2.15. The SMILES string of the molecule is CC(NCc1nncn1C)C(=O)NCc1ccco1. The highest BCUT2D eigenvalue weighted by molar-refractivity contribution is 5.81. The zero-order valence-corrected chi connectivity index (χ0v) is 11.0. The molecule has 0 aliphatic heterocycles. The quantitative estimate of drug-likeness (QED) is 0.778. The third kappa shape index (κ3) is 3.65. The monoisotopic (exact) mass is 263 g/mol. The summed E-state index contributed by atoms with van der Waals surface area (Å²) in [6.45, 7) is 2.68. The van der Waals surface area contributed by atoms with Crippen molar-refractivity contribution in [2.24, 2.45) is 7.05 Å². The van der Waals surface area contributed by atoms with Crippen molar-refractivity contribution in [2.75, 3.05) is 0 Å². The summed E-state index contributed by atoms with van der Waals surface area (Å²) in [5.41, 5.74) is 0. The molecule has 0 saturated heterocycles. The lowest BCUT2D eigenvalue weighted by Crippen LogP contribution is -2.41. The lowest BCUT2D eigenvalue weighted by atomic mass is 10.3. The molecular weight excluding hydrogens is 246 g/mol. The van der Waals surface area contributed by atoms with Gasteiger partial charge < -0.3 is 14.3 Å². The average Bonchev–Trinajstić information content (AvgIpc) is 3.04. The second-order valence-electron chi connectivity index (χ2n) is 4.26. The number of nitrogens with one attached hydrogen (secondary N) is 2. The van der Waals surface area contributed by atoms with Crippen molar-refractivity contribution < 1.29 is 9.21 Å². The Balaban J connectivity index is 1.75. The molecule has 2 aromatic heterocycles. The number of hydrogen-bond donors (Lipinski definition) is 2. The molecule has 0 spiro atoms. The molecule has 2 N–H and O–H groups in total. The van der Waals surface area contributed by atoms with Crippen molar-refractivity contribution in [1.82, 2.24) is 25.4 Å². The Morgan fingerprint density at radius 2 is 2.37 bits per heavy atom. The largest absolute Gasteiger partial charge is 0.467 e. The maximum Gasteiger partial charge on any atom is 0.237 e. The zero-order chi connectivity index (χ0) is 13.7. The number of amides is 1. The van der Waals surface area contributed by atoms with E-state index in [1.54, 1.807) is 30.1 Å². The smallest absolute Gasteiger partial charge is 0.237 e. The molecule has 0 bridgehead atoms. The van der Waals surface area contributed by atoms with Gasteiger partial charge in [0.1, 0.15) is 17.9 Å². The Morgan fingerprint density at radius 3 is 3.00 bits per heavy atom. The fourth-order valence-electron chi connectivity index (χ4n) is 1.54. The minimum Gasteiger partial charge on any atom is -0.467 e. The van der Waals surface area contributed by atoms with Gasteiger partial charge in [0, 0.05) is 7.05 Å². The van der Waals surface area contributed by atoms with Crippen LogP contribution in [0.5, 0.6) is 0 Å². The van der Waals surface area contributed by atoms with E-state index in [-0.39, 0.29) is 11.9 Å². The van der Waals surface area contributed by atoms with E-state index in [9.17, 15) is 4.79 Å². The molecule has 1 unspecified atom stereocenters. The van der Waals surface area contributed by atoms with E-state index in [1.165, 1.54) is 0 Å². The highest BCUT2D eigenvalue weighted by atomic mass is 16.3. The molecule has 19 heavy (non-hydrogen) atoms. The fraction of sp³-hybridized carbons (Fsp3) is 0.417. The minimum absolute atomic E-state index is 0.0847. The van der Waals surface area contributed by atoms with E-state index in [2.05, 4.69) is 20.8 Å². The number of rotatable bonds is 6. The average molecular weight is 263 g/mol. The van der Waals surface area contributed by atoms with E-state index >= 15 is 0 Å². The first kappa shape index (κ1) is 13.3. The predicted octanol–water partition coefficient (Wildman–Crippen LogP) is 0.203. The first-order chi connectivity index (χ1) is 9.16. The van der Waals surface area contributed by atoms with Crippen molar-refractivity contribution in [3.05, 3.63) is 36.3 Å². The van der Waals surface area contributed by atoms with E-state index in [0.29, 0.717) is 13.1 Å². The van der Waals surface area contributed by atoms with Crippen LogP contribution in [0.3, 0.4) is 0 Å². The molecule has 0 aliphatic carbocycles. The second-order valence-corrected chi connectivity index (χ2v) is 4.26. The summed E-state index contributed by atoms with van der Waals surface area (Å²) in [4.78, 5) is 11.8. The lowest BCUT2D eigenvalue weighted by molar-refractivity contribution is -0.123. The number of aryl methyl sites for hydroxylation is 1. The molecule has 0 radical (unpaired) electrons. The summed E-state index contributed by atoms with van der Waals surface area (Å²) in [7, 11) is 1.86. The van der Waals surface area contributed by atoms with Crippen molar-refractivity contribution >= 4 is 5.91 Å². The van der Waals surface area contributed by atoms with Gasteiger partial charge in [-0.1, -0.05) is 0 Å². The van der Waals surface area contributed by atoms with Crippen molar-refractivity contribution in [1.29, 1.82) is 0 Å². The molecule has 102 valence electrons. The summed E-state index contributed by atoms with van der Waals surface area (Å²) in [6.07, 6.45) is 3.20. The molecule has 7 nitrogen and oxygen atoms in total. The Bertz CT molecular complexity index is 520. The van der Waals surface area contributed by atoms with Gasteiger partial charge in [-0.3, -0.25) is 10.1 Å². The van der Waals surface area contributed by atoms with Crippen molar-refractivity contribution in [3.8, 4) is 0 Å². The molecule has 2 heterocycles. The lowest BCUT2D eigenvalue weighted by Gasteiger charge is -2.13. The highest BCUT2D eigenvalue weighted by Gasteiger charge is 2.13. The highest BCUT2D eigenvalue weighted by Crippen LogP contribution is 1.99. The normalized spacial score (nSPS) is 12.3. The van der Waals surface area contributed by atoms with Gasteiger partial charge in [-0.25, -0.2) is 0 Å². The predicted molar refractivity (Wildman–Crippen MR) is 67.9 cm³/mol. The molecule has 2 aromatic rings. The third-order valence-electron chi connectivity index (χ3n) is 2.78. The van der Waals surface area contributed by atoms with Crippen molar-refractivity contribution in [2.45, 2.75) is 26.1 Å². The van der Waals surface area contributed by atoms with Crippen LogP contribution >= 0.6 is 0 Å². The Morgan fingerprint density at radius 1 is 1.53 bits per heavy atom. The molecule has 0 aromatic carbocycles. The summed E-state index contributed by atoms with van der Waals surface area (Å²) < 4.78 is 6.95. The molecule has 0 fully saturated rings. The van der Waals surface area contributed by atoms with Gasteiger partial charge in [-0.2, -0.15) is 0 Å². The van der Waals surface area contributed by atoms with E-state index in [1.807, 2.05) is 13.1 Å². The standard InChI is InChI=1S/C12H17N5O2/c1-9(13-7-11-16-15-8-17(11)2)12(18)14-6-10-4-3-5-19-10/h3-5,8-9,13H,6-7H2,1-2H3,(H,14,18). The summed E-state index contributed by atoms with van der Waals surface area (Å²) in [5.74, 6) is 1.43. The van der Waals surface area contributed by atoms with Crippen LogP contribution in [0, 0.1) is 0 Å². The Kier molecular flexibility index (Phi) is 4.30. The number of nitrogens with zero attached hydrogens (tertiary/aromatic N) is 3. The number of furan rings is 1. The number of carbonyl (C=O) groups is 1. The first-order valence-electron chi connectivity index (χ1n) is 6.03. The van der Waals surface area contributed by atoms with Crippen molar-refractivity contribution in [3.63, 3.8) is 0 Å². The zero-order valence-electron chi connectivity index (χ0n) is 11.0. The maximum atomic E-state index is 11.8. The van der Waals surface area contributed by atoms with E-state index in [0.717, 1.165) is 11.6 Å². The van der Waals surface area contributed by atoms with Gasteiger partial charge in [0.2, 0.25) is 5.91 Å². The molecule has 7 heteroatoms.